The van der Waals surface area contributed by atoms with Crippen molar-refractivity contribution in [3.63, 3.8) is 0 Å². The van der Waals surface area contributed by atoms with Gasteiger partial charge in [-0.3, -0.25) is 4.79 Å². The van der Waals surface area contributed by atoms with Crippen molar-refractivity contribution in [2.24, 2.45) is 0 Å². The van der Waals surface area contributed by atoms with Crippen molar-refractivity contribution in [2.75, 3.05) is 19.8 Å². The van der Waals surface area contributed by atoms with Gasteiger partial charge in [0.1, 0.15) is 5.82 Å². The van der Waals surface area contributed by atoms with Gasteiger partial charge >= 0.3 is 0 Å². The highest BCUT2D eigenvalue weighted by atomic mass is 19.1. The Hall–Kier alpha value is -2.24. The Balaban J connectivity index is 1.74. The molecule has 1 aliphatic heterocycles. The molecule has 2 aromatic carbocycles. The lowest BCUT2D eigenvalue weighted by molar-refractivity contribution is -0.148. The summed E-state index contributed by atoms with van der Waals surface area (Å²) in [6.45, 7) is 1.21. The Morgan fingerprint density at radius 1 is 1.12 bits per heavy atom. The summed E-state index contributed by atoms with van der Waals surface area (Å²) >= 11 is 0. The van der Waals surface area contributed by atoms with E-state index >= 15 is 0 Å². The third-order valence-electron chi connectivity index (χ3n) is 3.98. The first kappa shape index (κ1) is 16.6. The van der Waals surface area contributed by atoms with Crippen molar-refractivity contribution in [3.05, 3.63) is 71.5 Å². The fourth-order valence-electron chi connectivity index (χ4n) is 2.70. The van der Waals surface area contributed by atoms with Crippen LogP contribution in [0.1, 0.15) is 17.2 Å². The van der Waals surface area contributed by atoms with E-state index in [1.807, 2.05) is 30.3 Å². The molecule has 0 radical (unpaired) electrons. The number of nitrogens with one attached hydrogen (secondary N) is 1. The van der Waals surface area contributed by atoms with Crippen LogP contribution in [0.2, 0.25) is 0 Å². The van der Waals surface area contributed by atoms with E-state index in [-0.39, 0.29) is 24.4 Å². The number of carbonyl (C=O) groups is 1. The summed E-state index contributed by atoms with van der Waals surface area (Å²) in [5, 5.41) is 3.03. The first-order valence-electron chi connectivity index (χ1n) is 8.01. The fourth-order valence-corrected chi connectivity index (χ4v) is 2.70. The first-order chi connectivity index (χ1) is 11.7. The maximum Gasteiger partial charge on any atom is 0.252 e. The Labute approximate surface area is 140 Å². The molecule has 1 aliphatic rings. The van der Waals surface area contributed by atoms with Crippen LogP contribution in [0.15, 0.2) is 54.6 Å². The van der Waals surface area contributed by atoms with Crippen LogP contribution in [-0.4, -0.2) is 31.8 Å². The van der Waals surface area contributed by atoms with Crippen molar-refractivity contribution >= 4 is 5.91 Å². The number of amides is 1. The maximum absolute atomic E-state index is 13.1. The molecule has 1 saturated heterocycles. The van der Waals surface area contributed by atoms with Crippen LogP contribution in [0.4, 0.5) is 4.39 Å². The summed E-state index contributed by atoms with van der Waals surface area (Å²) in [6.07, 6.45) is -0.0120. The van der Waals surface area contributed by atoms with Crippen molar-refractivity contribution < 1.29 is 18.7 Å². The minimum Gasteiger partial charge on any atom is -0.376 e. The Bertz CT molecular complexity index is 654. The van der Waals surface area contributed by atoms with Crippen molar-refractivity contribution in [3.8, 4) is 0 Å². The minimum atomic E-state index is -0.585. The summed E-state index contributed by atoms with van der Waals surface area (Å²) in [6, 6.07) is 15.8. The second-order valence-electron chi connectivity index (χ2n) is 5.74. The molecule has 4 nitrogen and oxygen atoms in total. The van der Waals surface area contributed by atoms with E-state index in [1.165, 1.54) is 12.1 Å². The lowest BCUT2D eigenvalue weighted by atomic mass is 9.98. The SMILES string of the molecule is O=C(N[C@H](Cc1ccc(F)cc1)c1ccccc1)[C@@H]1COCCO1. The van der Waals surface area contributed by atoms with E-state index in [9.17, 15) is 9.18 Å². The third-order valence-corrected chi connectivity index (χ3v) is 3.98. The highest BCUT2D eigenvalue weighted by Crippen LogP contribution is 2.19. The molecule has 0 spiro atoms. The third kappa shape index (κ3) is 4.40. The largest absolute Gasteiger partial charge is 0.376 e. The van der Waals surface area contributed by atoms with Crippen LogP contribution < -0.4 is 5.32 Å². The van der Waals surface area contributed by atoms with Crippen LogP contribution in [0.25, 0.3) is 0 Å². The van der Waals surface area contributed by atoms with Gasteiger partial charge in [-0.15, -0.1) is 0 Å². The molecule has 1 fully saturated rings. The number of halogens is 1. The summed E-state index contributed by atoms with van der Waals surface area (Å²) in [7, 11) is 0. The van der Waals surface area contributed by atoms with Gasteiger partial charge in [-0.2, -0.15) is 0 Å². The van der Waals surface area contributed by atoms with Crippen molar-refractivity contribution in [2.45, 2.75) is 18.6 Å². The van der Waals surface area contributed by atoms with Crippen LogP contribution >= 0.6 is 0 Å². The minimum absolute atomic E-state index is 0.189. The van der Waals surface area contributed by atoms with E-state index in [2.05, 4.69) is 5.32 Å². The number of ether oxygens (including phenoxy) is 2. The maximum atomic E-state index is 13.1. The van der Waals surface area contributed by atoms with Gasteiger partial charge in [-0.05, 0) is 29.7 Å². The van der Waals surface area contributed by atoms with Crippen LogP contribution in [0.3, 0.4) is 0 Å². The standard InChI is InChI=1S/C19H20FNO3/c20-16-8-6-14(7-9-16)12-17(15-4-2-1-3-5-15)21-19(22)18-13-23-10-11-24-18/h1-9,17-18H,10-13H2,(H,21,22)/t17-,18+/m1/s1. The normalized spacial score (nSPS) is 18.8. The number of hydrogen-bond acceptors (Lipinski definition) is 3. The van der Waals surface area contributed by atoms with Gasteiger partial charge in [-0.25, -0.2) is 4.39 Å². The molecule has 1 amide bonds. The fraction of sp³-hybridized carbons (Fsp3) is 0.316. The zero-order chi connectivity index (χ0) is 16.8. The molecular formula is C19H20FNO3. The number of rotatable bonds is 5. The van der Waals surface area contributed by atoms with Gasteiger partial charge in [0.15, 0.2) is 6.10 Å². The summed E-state index contributed by atoms with van der Waals surface area (Å²) in [5.41, 5.74) is 1.94. The average Bonchev–Trinajstić information content (AvgIpc) is 2.64. The highest BCUT2D eigenvalue weighted by molar-refractivity contribution is 5.81. The summed E-state index contributed by atoms with van der Waals surface area (Å²) < 4.78 is 23.9. The lowest BCUT2D eigenvalue weighted by Crippen LogP contribution is -2.44. The second-order valence-corrected chi connectivity index (χ2v) is 5.74. The van der Waals surface area contributed by atoms with Gasteiger partial charge in [0, 0.05) is 0 Å². The lowest BCUT2D eigenvalue weighted by Gasteiger charge is -2.26. The predicted molar refractivity (Wildman–Crippen MR) is 88.0 cm³/mol. The zero-order valence-corrected chi connectivity index (χ0v) is 13.3. The van der Waals surface area contributed by atoms with E-state index in [1.54, 1.807) is 12.1 Å². The molecule has 0 aliphatic carbocycles. The first-order valence-corrected chi connectivity index (χ1v) is 8.01. The number of hydrogen-bond donors (Lipinski definition) is 1. The molecule has 0 bridgehead atoms. The smallest absolute Gasteiger partial charge is 0.252 e. The molecule has 0 aromatic heterocycles. The number of carbonyl (C=O) groups excluding carboxylic acids is 1. The monoisotopic (exact) mass is 329 g/mol. The van der Waals surface area contributed by atoms with Crippen LogP contribution in [0.5, 0.6) is 0 Å². The Morgan fingerprint density at radius 3 is 2.54 bits per heavy atom. The molecule has 2 aromatic rings. The van der Waals surface area contributed by atoms with E-state index in [0.717, 1.165) is 11.1 Å². The molecule has 0 saturated carbocycles. The van der Waals surface area contributed by atoms with Gasteiger partial charge in [0.2, 0.25) is 0 Å². The molecule has 1 heterocycles. The van der Waals surface area contributed by atoms with E-state index in [4.69, 9.17) is 9.47 Å². The Morgan fingerprint density at radius 2 is 1.88 bits per heavy atom. The van der Waals surface area contributed by atoms with Crippen LogP contribution in [-0.2, 0) is 20.7 Å². The van der Waals surface area contributed by atoms with Crippen molar-refractivity contribution in [1.29, 1.82) is 0 Å². The second kappa shape index (κ2) is 8.04. The van der Waals surface area contributed by atoms with Crippen LogP contribution in [0, 0.1) is 5.82 Å². The van der Waals surface area contributed by atoms with Gasteiger partial charge in [0.25, 0.3) is 5.91 Å². The predicted octanol–water partition coefficient (Wildman–Crippen LogP) is 2.64. The average molecular weight is 329 g/mol. The number of benzene rings is 2. The summed E-state index contributed by atoms with van der Waals surface area (Å²) in [5.74, 6) is -0.461. The quantitative estimate of drug-likeness (QED) is 0.917. The molecule has 5 heteroatoms. The van der Waals surface area contributed by atoms with E-state index < -0.39 is 6.10 Å². The molecule has 0 unspecified atom stereocenters. The van der Waals surface area contributed by atoms with Crippen molar-refractivity contribution in [1.82, 2.24) is 5.32 Å². The van der Waals surface area contributed by atoms with Gasteiger partial charge in [-0.1, -0.05) is 42.5 Å². The molecule has 24 heavy (non-hydrogen) atoms. The summed E-state index contributed by atoms with van der Waals surface area (Å²) in [4.78, 5) is 12.5. The Kier molecular flexibility index (Phi) is 5.56. The highest BCUT2D eigenvalue weighted by Gasteiger charge is 2.25. The van der Waals surface area contributed by atoms with E-state index in [0.29, 0.717) is 19.6 Å². The topological polar surface area (TPSA) is 47.6 Å². The molecular weight excluding hydrogens is 309 g/mol. The molecule has 3 rings (SSSR count). The van der Waals surface area contributed by atoms with Gasteiger partial charge in [0.05, 0.1) is 25.9 Å². The molecule has 1 N–H and O–H groups in total. The van der Waals surface area contributed by atoms with Gasteiger partial charge < -0.3 is 14.8 Å². The molecule has 126 valence electrons. The zero-order valence-electron chi connectivity index (χ0n) is 13.3. The molecule has 2 atom stereocenters.